The van der Waals surface area contributed by atoms with Crippen molar-refractivity contribution in [2.75, 3.05) is 19.3 Å². The van der Waals surface area contributed by atoms with Crippen molar-refractivity contribution in [1.82, 2.24) is 10.6 Å². The van der Waals surface area contributed by atoms with Crippen molar-refractivity contribution >= 4 is 21.7 Å². The molecule has 0 atom stereocenters. The summed E-state index contributed by atoms with van der Waals surface area (Å²) in [5.74, 6) is -1.92. The molecular formula is C9H15N3O4S. The van der Waals surface area contributed by atoms with Crippen molar-refractivity contribution in [3.05, 3.63) is 0 Å². The smallest absolute Gasteiger partial charge is 0.310 e. The number of nitrogens with one attached hydrogen (secondary N) is 2. The number of amides is 2. The molecule has 0 aromatic rings. The van der Waals surface area contributed by atoms with Crippen LogP contribution in [0.25, 0.3) is 0 Å². The third kappa shape index (κ3) is 4.82. The first-order chi connectivity index (χ1) is 7.62. The molecular weight excluding hydrogens is 246 g/mol. The predicted octanol–water partition coefficient (Wildman–Crippen LogP) is -1.43. The van der Waals surface area contributed by atoms with Crippen LogP contribution in [0.15, 0.2) is 0 Å². The molecule has 0 aliphatic heterocycles. The summed E-state index contributed by atoms with van der Waals surface area (Å²) in [4.78, 5) is 22.2. The van der Waals surface area contributed by atoms with E-state index in [9.17, 15) is 18.0 Å². The molecule has 2 N–H and O–H groups in total. The van der Waals surface area contributed by atoms with Crippen LogP contribution >= 0.6 is 0 Å². The number of hydrogen-bond acceptors (Lipinski definition) is 5. The molecule has 0 unspecified atom stereocenters. The Bertz CT molecular complexity index is 447. The summed E-state index contributed by atoms with van der Waals surface area (Å²) in [6, 6.07) is 1.64. The van der Waals surface area contributed by atoms with E-state index in [2.05, 4.69) is 5.32 Å². The van der Waals surface area contributed by atoms with Crippen LogP contribution in [-0.4, -0.2) is 44.3 Å². The SMILES string of the molecule is CC(C)(CNC(=O)C(=O)NCC#N)S(C)(=O)=O. The number of sulfone groups is 1. The molecule has 0 heterocycles. The van der Waals surface area contributed by atoms with Gasteiger partial charge in [-0.2, -0.15) is 5.26 Å². The molecule has 0 aliphatic rings. The molecule has 0 saturated carbocycles. The van der Waals surface area contributed by atoms with E-state index in [4.69, 9.17) is 5.26 Å². The monoisotopic (exact) mass is 261 g/mol. The predicted molar refractivity (Wildman–Crippen MR) is 60.6 cm³/mol. The first-order valence-electron chi connectivity index (χ1n) is 4.74. The van der Waals surface area contributed by atoms with Gasteiger partial charge in [-0.1, -0.05) is 0 Å². The van der Waals surface area contributed by atoms with Crippen molar-refractivity contribution in [1.29, 1.82) is 5.26 Å². The van der Waals surface area contributed by atoms with Gasteiger partial charge in [0.05, 0.1) is 10.8 Å². The molecule has 7 nitrogen and oxygen atoms in total. The summed E-state index contributed by atoms with van der Waals surface area (Å²) >= 11 is 0. The van der Waals surface area contributed by atoms with Crippen LogP contribution in [0.3, 0.4) is 0 Å². The minimum Gasteiger partial charge on any atom is -0.346 e. The Labute approximate surface area is 100 Å². The van der Waals surface area contributed by atoms with E-state index in [0.29, 0.717) is 0 Å². The molecule has 0 spiro atoms. The topological polar surface area (TPSA) is 116 Å². The first-order valence-corrected chi connectivity index (χ1v) is 6.63. The summed E-state index contributed by atoms with van der Waals surface area (Å²) in [5, 5.41) is 12.4. The van der Waals surface area contributed by atoms with Gasteiger partial charge >= 0.3 is 11.8 Å². The third-order valence-corrected chi connectivity index (χ3v) is 4.36. The fourth-order valence-electron chi connectivity index (χ4n) is 0.705. The lowest BCUT2D eigenvalue weighted by atomic mass is 10.2. The van der Waals surface area contributed by atoms with Crippen molar-refractivity contribution in [2.45, 2.75) is 18.6 Å². The van der Waals surface area contributed by atoms with Gasteiger partial charge in [-0.3, -0.25) is 9.59 Å². The van der Waals surface area contributed by atoms with Crippen LogP contribution < -0.4 is 10.6 Å². The summed E-state index contributed by atoms with van der Waals surface area (Å²) in [6.07, 6.45) is 1.05. The van der Waals surface area contributed by atoms with Gasteiger partial charge < -0.3 is 10.6 Å². The molecule has 8 heteroatoms. The van der Waals surface area contributed by atoms with Gasteiger partial charge in [0.15, 0.2) is 9.84 Å². The van der Waals surface area contributed by atoms with Gasteiger partial charge in [0, 0.05) is 12.8 Å². The number of hydrogen-bond donors (Lipinski definition) is 2. The Morgan fingerprint density at radius 3 is 2.12 bits per heavy atom. The van der Waals surface area contributed by atoms with E-state index in [0.717, 1.165) is 6.26 Å². The zero-order chi connectivity index (χ0) is 13.7. The molecule has 0 aliphatic carbocycles. The highest BCUT2D eigenvalue weighted by atomic mass is 32.2. The number of nitrogens with zero attached hydrogens (tertiary/aromatic N) is 1. The summed E-state index contributed by atoms with van der Waals surface area (Å²) in [7, 11) is -3.34. The molecule has 0 fully saturated rings. The number of rotatable bonds is 4. The Morgan fingerprint density at radius 2 is 1.71 bits per heavy atom. The standard InChI is InChI=1S/C9H15N3O4S/c1-9(2,17(3,15)16)6-12-8(14)7(13)11-5-4-10/h5-6H2,1-3H3,(H,11,13)(H,12,14). The van der Waals surface area contributed by atoms with E-state index in [1.165, 1.54) is 13.8 Å². The molecule has 96 valence electrons. The normalized spacial score (nSPS) is 11.4. The minimum atomic E-state index is -3.34. The van der Waals surface area contributed by atoms with Gasteiger partial charge in [0.1, 0.15) is 6.54 Å². The van der Waals surface area contributed by atoms with E-state index in [-0.39, 0.29) is 13.1 Å². The minimum absolute atomic E-state index is 0.176. The van der Waals surface area contributed by atoms with Crippen LogP contribution in [0.1, 0.15) is 13.8 Å². The maximum Gasteiger partial charge on any atom is 0.310 e. The highest BCUT2D eigenvalue weighted by Gasteiger charge is 2.31. The second kappa shape index (κ2) is 5.63. The van der Waals surface area contributed by atoms with Gasteiger partial charge in [-0.25, -0.2) is 8.42 Å². The van der Waals surface area contributed by atoms with Gasteiger partial charge in [0.2, 0.25) is 0 Å². The van der Waals surface area contributed by atoms with Crippen LogP contribution in [-0.2, 0) is 19.4 Å². The van der Waals surface area contributed by atoms with Gasteiger partial charge in [-0.15, -0.1) is 0 Å². The Morgan fingerprint density at radius 1 is 1.24 bits per heavy atom. The average molecular weight is 261 g/mol. The van der Waals surface area contributed by atoms with Crippen LogP contribution in [0.5, 0.6) is 0 Å². The summed E-state index contributed by atoms with van der Waals surface area (Å²) in [5.41, 5.74) is 0. The van der Waals surface area contributed by atoms with Crippen molar-refractivity contribution in [2.24, 2.45) is 0 Å². The largest absolute Gasteiger partial charge is 0.346 e. The second-order valence-electron chi connectivity index (χ2n) is 4.06. The van der Waals surface area contributed by atoms with Gasteiger partial charge in [0.25, 0.3) is 0 Å². The van der Waals surface area contributed by atoms with Crippen LogP contribution in [0, 0.1) is 11.3 Å². The molecule has 0 aromatic carbocycles. The lowest BCUT2D eigenvalue weighted by molar-refractivity contribution is -0.139. The van der Waals surface area contributed by atoms with E-state index < -0.39 is 26.4 Å². The number of carbonyl (C=O) groups is 2. The molecule has 0 bridgehead atoms. The molecule has 0 radical (unpaired) electrons. The van der Waals surface area contributed by atoms with Crippen molar-refractivity contribution in [3.8, 4) is 6.07 Å². The molecule has 0 rings (SSSR count). The maximum atomic E-state index is 11.3. The summed E-state index contributed by atoms with van der Waals surface area (Å²) in [6.45, 7) is 2.43. The fraction of sp³-hybridized carbons (Fsp3) is 0.667. The maximum absolute atomic E-state index is 11.3. The zero-order valence-electron chi connectivity index (χ0n) is 9.90. The fourth-order valence-corrected chi connectivity index (χ4v) is 1.04. The van der Waals surface area contributed by atoms with Crippen LogP contribution in [0.2, 0.25) is 0 Å². The highest BCUT2D eigenvalue weighted by Crippen LogP contribution is 2.13. The Kier molecular flexibility index (Phi) is 5.10. The highest BCUT2D eigenvalue weighted by molar-refractivity contribution is 7.92. The molecule has 17 heavy (non-hydrogen) atoms. The second-order valence-corrected chi connectivity index (χ2v) is 6.70. The summed E-state index contributed by atoms with van der Waals surface area (Å²) < 4.78 is 21.5. The van der Waals surface area contributed by atoms with Crippen molar-refractivity contribution < 1.29 is 18.0 Å². The first kappa shape index (κ1) is 15.4. The number of carbonyl (C=O) groups excluding carboxylic acids is 2. The molecule has 2 amide bonds. The quantitative estimate of drug-likeness (QED) is 0.475. The number of nitriles is 1. The lowest BCUT2D eigenvalue weighted by Gasteiger charge is -2.22. The van der Waals surface area contributed by atoms with Crippen LogP contribution in [0.4, 0.5) is 0 Å². The van der Waals surface area contributed by atoms with E-state index in [1.807, 2.05) is 5.32 Å². The zero-order valence-corrected chi connectivity index (χ0v) is 10.7. The lowest BCUT2D eigenvalue weighted by Crippen LogP contribution is -2.48. The molecule has 0 aromatic heterocycles. The van der Waals surface area contributed by atoms with Crippen molar-refractivity contribution in [3.63, 3.8) is 0 Å². The Hall–Kier alpha value is -1.62. The van der Waals surface area contributed by atoms with Gasteiger partial charge in [-0.05, 0) is 13.8 Å². The Balaban J connectivity index is 4.36. The van der Waals surface area contributed by atoms with E-state index >= 15 is 0 Å². The third-order valence-electron chi connectivity index (χ3n) is 2.21. The average Bonchev–Trinajstić information content (AvgIpc) is 2.20. The van der Waals surface area contributed by atoms with E-state index in [1.54, 1.807) is 6.07 Å². The molecule has 0 saturated heterocycles.